The Kier molecular flexibility index (Phi) is 5.80. The molecule has 2 atom stereocenters. The Bertz CT molecular complexity index is 582. The van der Waals surface area contributed by atoms with Gasteiger partial charge in [-0.05, 0) is 58.6 Å². The van der Waals surface area contributed by atoms with Crippen LogP contribution in [0, 0.1) is 0 Å². The van der Waals surface area contributed by atoms with Gasteiger partial charge in [-0.25, -0.2) is 9.78 Å². The smallest absolute Gasteiger partial charge is 0.433 e. The number of anilines is 1. The number of hydrogen-bond acceptors (Lipinski definition) is 4. The van der Waals surface area contributed by atoms with Crippen LogP contribution in [0.4, 0.5) is 23.7 Å². The van der Waals surface area contributed by atoms with Crippen molar-refractivity contribution in [2.24, 2.45) is 0 Å². The fourth-order valence-corrected chi connectivity index (χ4v) is 2.81. The van der Waals surface area contributed by atoms with Crippen LogP contribution in [0.2, 0.25) is 0 Å². The summed E-state index contributed by atoms with van der Waals surface area (Å²) < 4.78 is 42.9. The lowest BCUT2D eigenvalue weighted by Gasteiger charge is -2.31. The first-order chi connectivity index (χ1) is 11.5. The first-order valence-electron chi connectivity index (χ1n) is 8.32. The number of hydrogen-bond donors (Lipinski definition) is 2. The predicted molar refractivity (Wildman–Crippen MR) is 88.3 cm³/mol. The molecule has 2 unspecified atom stereocenters. The molecule has 0 radical (unpaired) electrons. The number of pyridine rings is 1. The SMILES string of the molecule is CC(C)(C)OC(=O)NC1CCCC(Nc2ccc(C(F)(F)F)nc2)C1. The minimum absolute atomic E-state index is 0.0245. The monoisotopic (exact) mass is 359 g/mol. The summed E-state index contributed by atoms with van der Waals surface area (Å²) in [5, 5.41) is 6.04. The maximum Gasteiger partial charge on any atom is 0.433 e. The molecule has 1 heterocycles. The van der Waals surface area contributed by atoms with Crippen LogP contribution < -0.4 is 10.6 Å². The van der Waals surface area contributed by atoms with Gasteiger partial charge in [0.05, 0.1) is 11.9 Å². The standard InChI is InChI=1S/C17H24F3N3O2/c1-16(2,3)25-15(24)23-12-6-4-5-11(9-12)22-13-7-8-14(21-10-13)17(18,19)20/h7-8,10-12,22H,4-6,9H2,1-3H3,(H,23,24). The van der Waals surface area contributed by atoms with Crippen LogP contribution in [0.3, 0.4) is 0 Å². The van der Waals surface area contributed by atoms with Gasteiger partial charge < -0.3 is 15.4 Å². The van der Waals surface area contributed by atoms with Crippen molar-refractivity contribution in [3.63, 3.8) is 0 Å². The topological polar surface area (TPSA) is 63.2 Å². The minimum Gasteiger partial charge on any atom is -0.444 e. The van der Waals surface area contributed by atoms with Crippen molar-refractivity contribution in [2.45, 2.75) is 70.3 Å². The average molecular weight is 359 g/mol. The number of nitrogens with zero attached hydrogens (tertiary/aromatic N) is 1. The molecule has 1 aliphatic rings. The van der Waals surface area contributed by atoms with Gasteiger partial charge in [-0.2, -0.15) is 13.2 Å². The Balaban J connectivity index is 1.88. The van der Waals surface area contributed by atoms with Crippen molar-refractivity contribution in [3.8, 4) is 0 Å². The maximum absolute atomic E-state index is 12.5. The van der Waals surface area contributed by atoms with E-state index in [1.165, 1.54) is 12.3 Å². The molecule has 1 aliphatic carbocycles. The van der Waals surface area contributed by atoms with E-state index >= 15 is 0 Å². The van der Waals surface area contributed by atoms with Gasteiger partial charge in [-0.15, -0.1) is 0 Å². The normalized spacial score (nSPS) is 21.5. The van der Waals surface area contributed by atoms with Crippen LogP contribution in [0.15, 0.2) is 18.3 Å². The van der Waals surface area contributed by atoms with Gasteiger partial charge in [0.25, 0.3) is 0 Å². The Morgan fingerprint density at radius 2 is 1.88 bits per heavy atom. The summed E-state index contributed by atoms with van der Waals surface area (Å²) in [6.45, 7) is 5.40. The van der Waals surface area contributed by atoms with Crippen molar-refractivity contribution in [3.05, 3.63) is 24.0 Å². The Morgan fingerprint density at radius 3 is 2.44 bits per heavy atom. The molecule has 1 aromatic rings. The Hall–Kier alpha value is -1.99. The van der Waals surface area contributed by atoms with Crippen LogP contribution >= 0.6 is 0 Å². The number of amides is 1. The van der Waals surface area contributed by atoms with E-state index in [1.807, 2.05) is 0 Å². The molecule has 0 aliphatic heterocycles. The Morgan fingerprint density at radius 1 is 1.20 bits per heavy atom. The van der Waals surface area contributed by atoms with E-state index in [-0.39, 0.29) is 12.1 Å². The molecule has 140 valence electrons. The summed E-state index contributed by atoms with van der Waals surface area (Å²) in [4.78, 5) is 15.3. The highest BCUT2D eigenvalue weighted by Gasteiger charge is 2.32. The van der Waals surface area contributed by atoms with Crippen molar-refractivity contribution in [1.29, 1.82) is 0 Å². The van der Waals surface area contributed by atoms with Gasteiger partial charge in [0.1, 0.15) is 11.3 Å². The number of aromatic nitrogens is 1. The number of carbonyl (C=O) groups excluding carboxylic acids is 1. The van der Waals surface area contributed by atoms with Crippen LogP contribution in [0.1, 0.15) is 52.1 Å². The number of carbonyl (C=O) groups is 1. The van der Waals surface area contributed by atoms with E-state index in [0.717, 1.165) is 25.3 Å². The van der Waals surface area contributed by atoms with Crippen molar-refractivity contribution < 1.29 is 22.7 Å². The number of nitrogens with one attached hydrogen (secondary N) is 2. The highest BCUT2D eigenvalue weighted by molar-refractivity contribution is 5.68. The third kappa shape index (κ3) is 6.43. The first-order valence-corrected chi connectivity index (χ1v) is 8.32. The van der Waals surface area contributed by atoms with E-state index in [9.17, 15) is 18.0 Å². The van der Waals surface area contributed by atoms with Gasteiger partial charge in [-0.1, -0.05) is 0 Å². The summed E-state index contributed by atoms with van der Waals surface area (Å²) in [7, 11) is 0. The first kappa shape index (κ1) is 19.3. The van der Waals surface area contributed by atoms with Crippen molar-refractivity contribution in [2.75, 3.05) is 5.32 Å². The highest BCUT2D eigenvalue weighted by atomic mass is 19.4. The molecule has 8 heteroatoms. The molecule has 1 fully saturated rings. The molecule has 0 aromatic carbocycles. The molecule has 0 spiro atoms. The zero-order valence-corrected chi connectivity index (χ0v) is 14.6. The number of alkyl carbamates (subject to hydrolysis) is 1. The highest BCUT2D eigenvalue weighted by Crippen LogP contribution is 2.28. The van der Waals surface area contributed by atoms with E-state index < -0.39 is 23.6 Å². The second kappa shape index (κ2) is 7.49. The van der Waals surface area contributed by atoms with Crippen LogP contribution in [-0.2, 0) is 10.9 Å². The Labute approximate surface area is 145 Å². The molecule has 5 nitrogen and oxygen atoms in total. The van der Waals surface area contributed by atoms with Gasteiger partial charge in [0.2, 0.25) is 0 Å². The van der Waals surface area contributed by atoms with Gasteiger partial charge in [0.15, 0.2) is 0 Å². The third-order valence-electron chi connectivity index (χ3n) is 3.82. The van der Waals surface area contributed by atoms with Gasteiger partial charge in [-0.3, -0.25) is 0 Å². The fraction of sp³-hybridized carbons (Fsp3) is 0.647. The van der Waals surface area contributed by atoms with Crippen molar-refractivity contribution in [1.82, 2.24) is 10.3 Å². The minimum atomic E-state index is -4.44. The molecule has 0 bridgehead atoms. The zero-order chi connectivity index (χ0) is 18.7. The molecule has 2 rings (SSSR count). The average Bonchev–Trinajstić information content (AvgIpc) is 2.45. The zero-order valence-electron chi connectivity index (χ0n) is 14.6. The third-order valence-corrected chi connectivity index (χ3v) is 3.82. The van der Waals surface area contributed by atoms with Crippen LogP contribution in [0.5, 0.6) is 0 Å². The molecule has 1 amide bonds. The van der Waals surface area contributed by atoms with E-state index in [4.69, 9.17) is 4.74 Å². The fourth-order valence-electron chi connectivity index (χ4n) is 2.81. The lowest BCUT2D eigenvalue weighted by atomic mass is 9.91. The molecule has 1 aromatic heterocycles. The second-order valence-electron chi connectivity index (χ2n) is 7.28. The molecular formula is C17H24F3N3O2. The number of ether oxygens (including phenoxy) is 1. The summed E-state index contributed by atoms with van der Waals surface area (Å²) >= 11 is 0. The number of rotatable bonds is 3. The van der Waals surface area contributed by atoms with Crippen molar-refractivity contribution >= 4 is 11.8 Å². The number of halogens is 3. The maximum atomic E-state index is 12.5. The lowest BCUT2D eigenvalue weighted by molar-refractivity contribution is -0.141. The van der Waals surface area contributed by atoms with Gasteiger partial charge >= 0.3 is 12.3 Å². The molecule has 1 saturated carbocycles. The van der Waals surface area contributed by atoms with E-state index in [2.05, 4.69) is 15.6 Å². The van der Waals surface area contributed by atoms with E-state index in [1.54, 1.807) is 20.8 Å². The molecular weight excluding hydrogens is 335 g/mol. The quantitative estimate of drug-likeness (QED) is 0.842. The summed E-state index contributed by atoms with van der Waals surface area (Å²) in [6.07, 6.45) is -0.378. The van der Waals surface area contributed by atoms with E-state index in [0.29, 0.717) is 12.1 Å². The second-order valence-corrected chi connectivity index (χ2v) is 7.28. The largest absolute Gasteiger partial charge is 0.444 e. The van der Waals surface area contributed by atoms with Gasteiger partial charge in [0, 0.05) is 12.1 Å². The predicted octanol–water partition coefficient (Wildman–Crippen LogP) is 4.35. The number of alkyl halides is 3. The molecule has 2 N–H and O–H groups in total. The molecule has 0 saturated heterocycles. The molecule has 25 heavy (non-hydrogen) atoms. The lowest BCUT2D eigenvalue weighted by Crippen LogP contribution is -2.43. The summed E-state index contributed by atoms with van der Waals surface area (Å²) in [5.41, 5.74) is -0.926. The van der Waals surface area contributed by atoms with Crippen LogP contribution in [-0.4, -0.2) is 28.8 Å². The van der Waals surface area contributed by atoms with Crippen LogP contribution in [0.25, 0.3) is 0 Å². The summed E-state index contributed by atoms with van der Waals surface area (Å²) in [5.74, 6) is 0. The summed E-state index contributed by atoms with van der Waals surface area (Å²) in [6, 6.07) is 2.37.